The Kier molecular flexibility index (Phi) is 4.38. The van der Waals surface area contributed by atoms with E-state index in [9.17, 15) is 9.90 Å². The number of hydrogen-bond donors (Lipinski definition) is 2. The number of phenolic OH excluding ortho intramolecular Hbond substituents is 1. The van der Waals surface area contributed by atoms with Crippen LogP contribution in [0.3, 0.4) is 0 Å². The second-order valence-corrected chi connectivity index (χ2v) is 5.19. The van der Waals surface area contributed by atoms with Crippen molar-refractivity contribution in [1.82, 2.24) is 5.32 Å². The van der Waals surface area contributed by atoms with E-state index in [1.54, 1.807) is 12.1 Å². The molecule has 3 heteroatoms. The van der Waals surface area contributed by atoms with Crippen molar-refractivity contribution in [3.8, 4) is 17.6 Å². The van der Waals surface area contributed by atoms with E-state index in [0.717, 1.165) is 11.1 Å². The minimum atomic E-state index is -0.126. The Balaban J connectivity index is 2.89. The summed E-state index contributed by atoms with van der Waals surface area (Å²) >= 11 is 0. The normalized spacial score (nSPS) is 10.4. The van der Waals surface area contributed by atoms with Gasteiger partial charge in [0.15, 0.2) is 0 Å². The number of carbonyl (C=O) groups is 1. The van der Waals surface area contributed by atoms with Crippen molar-refractivity contribution in [2.75, 3.05) is 6.54 Å². The molecule has 0 aromatic heterocycles. The Morgan fingerprint density at radius 1 is 1.39 bits per heavy atom. The largest absolute Gasteiger partial charge is 0.508 e. The second-order valence-electron chi connectivity index (χ2n) is 5.19. The number of carbonyl (C=O) groups excluding carboxylic acids is 1. The van der Waals surface area contributed by atoms with Crippen LogP contribution in [0.15, 0.2) is 18.2 Å². The minimum Gasteiger partial charge on any atom is -0.508 e. The quantitative estimate of drug-likeness (QED) is 0.745. The van der Waals surface area contributed by atoms with Gasteiger partial charge in [0.05, 0.1) is 6.54 Å². The highest BCUT2D eigenvalue weighted by molar-refractivity contribution is 5.73. The van der Waals surface area contributed by atoms with Gasteiger partial charge in [-0.2, -0.15) is 0 Å². The molecular weight excluding hydrogens is 226 g/mol. The Labute approximate surface area is 108 Å². The molecule has 3 nitrogen and oxygen atoms in total. The Hall–Kier alpha value is -1.95. The first-order valence-corrected chi connectivity index (χ1v) is 5.87. The Morgan fingerprint density at radius 3 is 2.61 bits per heavy atom. The van der Waals surface area contributed by atoms with Gasteiger partial charge in [-0.1, -0.05) is 32.6 Å². The molecule has 1 rings (SSSR count). The number of hydrogen-bond acceptors (Lipinski definition) is 2. The van der Waals surface area contributed by atoms with Gasteiger partial charge in [-0.15, -0.1) is 0 Å². The minimum absolute atomic E-state index is 0.0922. The van der Waals surface area contributed by atoms with Crippen LogP contribution < -0.4 is 5.32 Å². The topological polar surface area (TPSA) is 49.3 Å². The van der Waals surface area contributed by atoms with Crippen LogP contribution in [-0.4, -0.2) is 17.6 Å². The molecule has 1 aromatic rings. The summed E-state index contributed by atoms with van der Waals surface area (Å²) in [6.07, 6.45) is 0. The zero-order valence-electron chi connectivity index (χ0n) is 11.3. The fourth-order valence-electron chi connectivity index (χ4n) is 1.53. The summed E-state index contributed by atoms with van der Waals surface area (Å²) in [5.74, 6) is 6.03. The molecule has 0 unspecified atom stereocenters. The van der Waals surface area contributed by atoms with Gasteiger partial charge < -0.3 is 10.4 Å². The number of rotatable bonds is 1. The monoisotopic (exact) mass is 245 g/mol. The molecule has 0 saturated carbocycles. The summed E-state index contributed by atoms with van der Waals surface area (Å²) in [5, 5.41) is 12.4. The molecule has 0 radical (unpaired) electrons. The lowest BCUT2D eigenvalue weighted by Crippen LogP contribution is -2.19. The highest BCUT2D eigenvalue weighted by atomic mass is 16.3. The van der Waals surface area contributed by atoms with Crippen molar-refractivity contribution in [2.45, 2.75) is 33.1 Å². The lowest BCUT2D eigenvalue weighted by Gasteiger charge is -2.20. The summed E-state index contributed by atoms with van der Waals surface area (Å²) < 4.78 is 0. The summed E-state index contributed by atoms with van der Waals surface area (Å²) in [6.45, 7) is 7.91. The number of amides is 1. The smallest absolute Gasteiger partial charge is 0.217 e. The van der Waals surface area contributed by atoms with Gasteiger partial charge in [0.1, 0.15) is 5.75 Å². The molecule has 0 bridgehead atoms. The predicted molar refractivity (Wildman–Crippen MR) is 72.4 cm³/mol. The number of aromatic hydroxyl groups is 1. The van der Waals surface area contributed by atoms with Crippen LogP contribution >= 0.6 is 0 Å². The van der Waals surface area contributed by atoms with Gasteiger partial charge >= 0.3 is 0 Å². The van der Waals surface area contributed by atoms with Gasteiger partial charge in [0.2, 0.25) is 5.91 Å². The van der Waals surface area contributed by atoms with Crippen molar-refractivity contribution in [3.05, 3.63) is 29.3 Å². The summed E-state index contributed by atoms with van der Waals surface area (Å²) in [5.41, 5.74) is 1.58. The van der Waals surface area contributed by atoms with Crippen molar-refractivity contribution < 1.29 is 9.90 Å². The molecule has 0 aliphatic heterocycles. The first kappa shape index (κ1) is 14.1. The lowest BCUT2D eigenvalue weighted by molar-refractivity contribution is -0.118. The van der Waals surface area contributed by atoms with E-state index < -0.39 is 0 Å². The molecule has 0 aliphatic rings. The first-order valence-electron chi connectivity index (χ1n) is 5.87. The second kappa shape index (κ2) is 5.59. The van der Waals surface area contributed by atoms with Crippen molar-refractivity contribution in [1.29, 1.82) is 0 Å². The molecule has 1 aromatic carbocycles. The number of nitrogens with one attached hydrogen (secondary N) is 1. The third kappa shape index (κ3) is 4.14. The lowest BCUT2D eigenvalue weighted by atomic mass is 9.85. The van der Waals surface area contributed by atoms with E-state index in [4.69, 9.17) is 0 Å². The number of benzene rings is 1. The molecule has 18 heavy (non-hydrogen) atoms. The molecule has 96 valence electrons. The van der Waals surface area contributed by atoms with E-state index >= 15 is 0 Å². The predicted octanol–water partition coefficient (Wildman–Crippen LogP) is 2.18. The molecule has 2 N–H and O–H groups in total. The summed E-state index contributed by atoms with van der Waals surface area (Å²) in [7, 11) is 0. The Bertz CT molecular complexity index is 501. The van der Waals surface area contributed by atoms with Gasteiger partial charge in [-0.3, -0.25) is 4.79 Å². The van der Waals surface area contributed by atoms with E-state index in [1.807, 2.05) is 26.8 Å². The third-order valence-electron chi connectivity index (χ3n) is 2.46. The average molecular weight is 245 g/mol. The zero-order chi connectivity index (χ0) is 13.8. The van der Waals surface area contributed by atoms with E-state index in [2.05, 4.69) is 17.2 Å². The van der Waals surface area contributed by atoms with Crippen LogP contribution in [0, 0.1) is 11.8 Å². The fourth-order valence-corrected chi connectivity index (χ4v) is 1.53. The van der Waals surface area contributed by atoms with Crippen LogP contribution in [0.25, 0.3) is 0 Å². The van der Waals surface area contributed by atoms with E-state index in [1.165, 1.54) is 6.92 Å². The van der Waals surface area contributed by atoms with Gasteiger partial charge in [0.25, 0.3) is 0 Å². The van der Waals surface area contributed by atoms with Crippen LogP contribution in [0.4, 0.5) is 0 Å². The highest BCUT2D eigenvalue weighted by Crippen LogP contribution is 2.30. The molecule has 0 saturated heterocycles. The molecular formula is C15H19NO2. The third-order valence-corrected chi connectivity index (χ3v) is 2.46. The van der Waals surface area contributed by atoms with Gasteiger partial charge in [-0.05, 0) is 23.6 Å². The maximum atomic E-state index is 10.7. The molecule has 0 atom stereocenters. The standard InChI is InChI=1S/C15H19NO2/c1-11(17)16-9-5-6-12-7-8-14(18)13(10-12)15(2,3)4/h7-8,10,18H,9H2,1-4H3,(H,16,17). The SMILES string of the molecule is CC(=O)NCC#Cc1ccc(O)c(C(C)(C)C)c1. The van der Waals surface area contributed by atoms with E-state index in [0.29, 0.717) is 6.54 Å². The molecule has 1 amide bonds. The maximum Gasteiger partial charge on any atom is 0.217 e. The zero-order valence-corrected chi connectivity index (χ0v) is 11.3. The molecule has 0 spiro atoms. The molecule has 0 fully saturated rings. The summed E-state index contributed by atoms with van der Waals surface area (Å²) in [4.78, 5) is 10.7. The number of phenols is 1. The van der Waals surface area contributed by atoms with Gasteiger partial charge in [-0.25, -0.2) is 0 Å². The fraction of sp³-hybridized carbons (Fsp3) is 0.400. The summed E-state index contributed by atoms with van der Waals surface area (Å²) in [6, 6.07) is 5.31. The molecule has 0 heterocycles. The van der Waals surface area contributed by atoms with Crippen LogP contribution in [0.2, 0.25) is 0 Å². The highest BCUT2D eigenvalue weighted by Gasteiger charge is 2.17. The van der Waals surface area contributed by atoms with Crippen LogP contribution in [-0.2, 0) is 10.2 Å². The van der Waals surface area contributed by atoms with Gasteiger partial charge in [0, 0.05) is 18.1 Å². The van der Waals surface area contributed by atoms with Crippen LogP contribution in [0.5, 0.6) is 5.75 Å². The van der Waals surface area contributed by atoms with E-state index in [-0.39, 0.29) is 17.1 Å². The molecule has 0 aliphatic carbocycles. The first-order chi connectivity index (χ1) is 8.30. The average Bonchev–Trinajstić information content (AvgIpc) is 2.24. The van der Waals surface area contributed by atoms with Crippen molar-refractivity contribution in [3.63, 3.8) is 0 Å². The Morgan fingerprint density at radius 2 is 2.06 bits per heavy atom. The maximum absolute atomic E-state index is 10.7. The van der Waals surface area contributed by atoms with Crippen LogP contribution in [0.1, 0.15) is 38.8 Å². The van der Waals surface area contributed by atoms with Crippen molar-refractivity contribution >= 4 is 5.91 Å². The van der Waals surface area contributed by atoms with Crippen molar-refractivity contribution in [2.24, 2.45) is 0 Å².